The van der Waals surface area contributed by atoms with Crippen LogP contribution in [0.25, 0.3) is 0 Å². The number of hydrogen-bond donors (Lipinski definition) is 2. The molecule has 0 radical (unpaired) electrons. The first kappa shape index (κ1) is 16.4. The Bertz CT molecular complexity index is 447. The molecule has 1 atom stereocenters. The van der Waals surface area contributed by atoms with Crippen molar-refractivity contribution in [2.24, 2.45) is 5.73 Å². The van der Waals surface area contributed by atoms with Gasteiger partial charge in [-0.3, -0.25) is 4.79 Å². The number of methoxy groups -OCH3 is 1. The van der Waals surface area contributed by atoms with Gasteiger partial charge in [0.25, 0.3) is 0 Å². The lowest BCUT2D eigenvalue weighted by Crippen LogP contribution is -2.32. The van der Waals surface area contributed by atoms with Crippen LogP contribution in [0.1, 0.15) is 22.8 Å². The predicted molar refractivity (Wildman–Crippen MR) is 72.0 cm³/mol. The van der Waals surface area contributed by atoms with Gasteiger partial charge in [-0.15, -0.1) is 12.4 Å². The molecule has 3 N–H and O–H groups in total. The number of rotatable bonds is 3. The van der Waals surface area contributed by atoms with Gasteiger partial charge in [0.05, 0.1) is 18.7 Å². The van der Waals surface area contributed by atoms with Crippen molar-refractivity contribution >= 4 is 30.0 Å². The maximum Gasteiger partial charge on any atom is 0.338 e. The minimum absolute atomic E-state index is 0. The molecule has 1 rings (SSSR count). The molecule has 6 heteroatoms. The average Bonchev–Trinajstić information content (AvgIpc) is 2.28. The monoisotopic (exact) mass is 272 g/mol. The lowest BCUT2D eigenvalue weighted by Gasteiger charge is -2.10. The number of aryl methyl sites for hydroxylation is 1. The summed E-state index contributed by atoms with van der Waals surface area (Å²) in [7, 11) is 1.33. The third-order valence-corrected chi connectivity index (χ3v) is 2.31. The van der Waals surface area contributed by atoms with Crippen LogP contribution in [-0.2, 0) is 9.53 Å². The molecule has 0 aliphatic carbocycles. The Labute approximate surface area is 112 Å². The summed E-state index contributed by atoms with van der Waals surface area (Å²) in [6.45, 7) is 3.37. The van der Waals surface area contributed by atoms with Gasteiger partial charge in [0.1, 0.15) is 0 Å². The molecule has 0 spiro atoms. The van der Waals surface area contributed by atoms with Gasteiger partial charge in [-0.05, 0) is 37.6 Å². The summed E-state index contributed by atoms with van der Waals surface area (Å²) in [5, 5.41) is 2.65. The van der Waals surface area contributed by atoms with Gasteiger partial charge in [0.15, 0.2) is 0 Å². The number of ether oxygens (including phenoxy) is 1. The second kappa shape index (κ2) is 6.98. The van der Waals surface area contributed by atoms with E-state index in [2.05, 4.69) is 10.1 Å². The number of esters is 1. The van der Waals surface area contributed by atoms with E-state index in [9.17, 15) is 9.59 Å². The molecule has 1 amide bonds. The quantitative estimate of drug-likeness (QED) is 0.817. The smallest absolute Gasteiger partial charge is 0.338 e. The standard InChI is InChI=1S/C12H16N2O3.ClH/c1-7-6-9(14-11(15)8(2)13)4-5-10(7)12(16)17-3;/h4-6,8H,13H2,1-3H3,(H,14,15);1H/t8-;/m0./s1. The fraction of sp³-hybridized carbons (Fsp3) is 0.333. The first-order valence-corrected chi connectivity index (χ1v) is 5.21. The minimum atomic E-state index is -0.574. The zero-order chi connectivity index (χ0) is 13.0. The highest BCUT2D eigenvalue weighted by Crippen LogP contribution is 2.16. The number of carbonyl (C=O) groups excluding carboxylic acids is 2. The Hall–Kier alpha value is -1.59. The van der Waals surface area contributed by atoms with Crippen molar-refractivity contribution in [2.45, 2.75) is 19.9 Å². The maximum atomic E-state index is 11.4. The molecule has 0 unspecified atom stereocenters. The first-order valence-electron chi connectivity index (χ1n) is 5.21. The van der Waals surface area contributed by atoms with Crippen molar-refractivity contribution in [2.75, 3.05) is 12.4 Å². The van der Waals surface area contributed by atoms with Crippen LogP contribution in [-0.4, -0.2) is 25.0 Å². The molecule has 1 aromatic carbocycles. The third kappa shape index (κ3) is 4.01. The van der Waals surface area contributed by atoms with E-state index in [0.29, 0.717) is 11.3 Å². The molecular formula is C12H17ClN2O3. The zero-order valence-corrected chi connectivity index (χ0v) is 11.3. The number of anilines is 1. The second-order valence-corrected chi connectivity index (χ2v) is 3.80. The van der Waals surface area contributed by atoms with E-state index in [1.54, 1.807) is 32.0 Å². The van der Waals surface area contributed by atoms with Crippen molar-refractivity contribution in [3.63, 3.8) is 0 Å². The minimum Gasteiger partial charge on any atom is -0.465 e. The SMILES string of the molecule is COC(=O)c1ccc(NC(=O)[C@H](C)N)cc1C.Cl. The maximum absolute atomic E-state index is 11.4. The Morgan fingerprint density at radius 2 is 2.00 bits per heavy atom. The topological polar surface area (TPSA) is 81.4 Å². The molecule has 5 nitrogen and oxygen atoms in total. The van der Waals surface area contributed by atoms with Crippen LogP contribution in [0.2, 0.25) is 0 Å². The normalized spacial score (nSPS) is 11.1. The van der Waals surface area contributed by atoms with Crippen molar-refractivity contribution in [1.29, 1.82) is 0 Å². The Kier molecular flexibility index (Phi) is 6.36. The van der Waals surface area contributed by atoms with E-state index in [1.165, 1.54) is 7.11 Å². The van der Waals surface area contributed by atoms with Crippen LogP contribution in [0.5, 0.6) is 0 Å². The molecule has 0 saturated heterocycles. The van der Waals surface area contributed by atoms with E-state index in [-0.39, 0.29) is 18.3 Å². The van der Waals surface area contributed by atoms with Gasteiger partial charge < -0.3 is 15.8 Å². The van der Waals surface area contributed by atoms with Crippen LogP contribution in [0.4, 0.5) is 5.69 Å². The predicted octanol–water partition coefficient (Wildman–Crippen LogP) is 1.49. The van der Waals surface area contributed by atoms with E-state index in [0.717, 1.165) is 5.56 Å². The number of carbonyl (C=O) groups is 2. The lowest BCUT2D eigenvalue weighted by molar-refractivity contribution is -0.117. The van der Waals surface area contributed by atoms with Gasteiger partial charge in [-0.2, -0.15) is 0 Å². The van der Waals surface area contributed by atoms with Crippen molar-refractivity contribution in [3.8, 4) is 0 Å². The Morgan fingerprint density at radius 3 is 2.44 bits per heavy atom. The molecule has 1 aromatic rings. The highest BCUT2D eigenvalue weighted by atomic mass is 35.5. The van der Waals surface area contributed by atoms with Gasteiger partial charge in [0.2, 0.25) is 5.91 Å². The third-order valence-electron chi connectivity index (χ3n) is 2.31. The van der Waals surface area contributed by atoms with Gasteiger partial charge in [-0.25, -0.2) is 4.79 Å². The van der Waals surface area contributed by atoms with Crippen molar-refractivity contribution in [1.82, 2.24) is 0 Å². The molecule has 0 aliphatic heterocycles. The van der Waals surface area contributed by atoms with Gasteiger partial charge >= 0.3 is 5.97 Å². The molecule has 0 saturated carbocycles. The number of amides is 1. The highest BCUT2D eigenvalue weighted by molar-refractivity contribution is 5.96. The van der Waals surface area contributed by atoms with E-state index in [4.69, 9.17) is 5.73 Å². The molecule has 0 bridgehead atoms. The summed E-state index contributed by atoms with van der Waals surface area (Å²) in [6, 6.07) is 4.37. The Morgan fingerprint density at radius 1 is 1.39 bits per heavy atom. The molecule has 0 heterocycles. The number of nitrogens with two attached hydrogens (primary N) is 1. The Balaban J connectivity index is 0.00000289. The molecule has 0 aliphatic rings. The van der Waals surface area contributed by atoms with Crippen molar-refractivity contribution < 1.29 is 14.3 Å². The summed E-state index contributed by atoms with van der Waals surface area (Å²) in [5.74, 6) is -0.664. The molecule has 100 valence electrons. The lowest BCUT2D eigenvalue weighted by atomic mass is 10.1. The molecule has 0 aromatic heterocycles. The summed E-state index contributed by atoms with van der Waals surface area (Å²) >= 11 is 0. The van der Waals surface area contributed by atoms with E-state index in [1.807, 2.05) is 0 Å². The summed E-state index contributed by atoms with van der Waals surface area (Å²) in [4.78, 5) is 22.7. The second-order valence-electron chi connectivity index (χ2n) is 3.80. The van der Waals surface area contributed by atoms with Crippen molar-refractivity contribution in [3.05, 3.63) is 29.3 Å². The number of hydrogen-bond acceptors (Lipinski definition) is 4. The fourth-order valence-corrected chi connectivity index (χ4v) is 1.34. The molecular weight excluding hydrogens is 256 g/mol. The number of benzene rings is 1. The molecule has 18 heavy (non-hydrogen) atoms. The number of nitrogens with one attached hydrogen (secondary N) is 1. The summed E-state index contributed by atoms with van der Waals surface area (Å²) in [5.41, 5.74) is 7.26. The van der Waals surface area contributed by atoms with Gasteiger partial charge in [-0.1, -0.05) is 0 Å². The summed E-state index contributed by atoms with van der Waals surface area (Å²) < 4.78 is 4.63. The van der Waals surface area contributed by atoms with Crippen LogP contribution in [0, 0.1) is 6.92 Å². The van der Waals surface area contributed by atoms with Crippen LogP contribution in [0.15, 0.2) is 18.2 Å². The van der Waals surface area contributed by atoms with E-state index >= 15 is 0 Å². The summed E-state index contributed by atoms with van der Waals surface area (Å²) in [6.07, 6.45) is 0. The largest absolute Gasteiger partial charge is 0.465 e. The fourth-order valence-electron chi connectivity index (χ4n) is 1.34. The number of halogens is 1. The average molecular weight is 273 g/mol. The zero-order valence-electron chi connectivity index (χ0n) is 10.5. The highest BCUT2D eigenvalue weighted by Gasteiger charge is 2.11. The van der Waals surface area contributed by atoms with Crippen LogP contribution >= 0.6 is 12.4 Å². The van der Waals surface area contributed by atoms with Crippen LogP contribution in [0.3, 0.4) is 0 Å². The molecule has 0 fully saturated rings. The first-order chi connectivity index (χ1) is 7.95. The van der Waals surface area contributed by atoms with Gasteiger partial charge in [0, 0.05) is 5.69 Å². The van der Waals surface area contributed by atoms with E-state index < -0.39 is 12.0 Å². The van der Waals surface area contributed by atoms with Crippen LogP contribution < -0.4 is 11.1 Å².